The molecule has 0 atom stereocenters. The molecule has 2 heterocycles. The molecule has 3 rings (SSSR count). The number of aryl methyl sites for hydroxylation is 1. The number of thiophene rings is 1. The third-order valence-electron chi connectivity index (χ3n) is 2.74. The van der Waals surface area contributed by atoms with E-state index in [1.807, 2.05) is 13.0 Å². The molecule has 1 aromatic carbocycles. The number of rotatable bonds is 2. The van der Waals surface area contributed by atoms with Crippen LogP contribution in [0, 0.1) is 24.4 Å². The molecule has 8 heteroatoms. The molecule has 3 aromatic rings. The van der Waals surface area contributed by atoms with Gasteiger partial charge in [-0.15, -0.1) is 11.3 Å². The Labute approximate surface area is 126 Å². The predicted octanol–water partition coefficient (Wildman–Crippen LogP) is 4.81. The third kappa shape index (κ3) is 2.66. The van der Waals surface area contributed by atoms with Crippen molar-refractivity contribution in [3.05, 3.63) is 45.8 Å². The van der Waals surface area contributed by atoms with Crippen LogP contribution >= 0.6 is 22.9 Å². The molecule has 0 saturated carbocycles. The van der Waals surface area contributed by atoms with E-state index in [1.54, 1.807) is 0 Å². The molecule has 108 valence electrons. The summed E-state index contributed by atoms with van der Waals surface area (Å²) >= 11 is 7.24. The van der Waals surface area contributed by atoms with E-state index in [-0.39, 0.29) is 11.0 Å². The molecular weight excluding hydrogens is 323 g/mol. The first-order chi connectivity index (χ1) is 9.94. The van der Waals surface area contributed by atoms with Gasteiger partial charge in [0.1, 0.15) is 10.6 Å². The van der Waals surface area contributed by atoms with Crippen LogP contribution in [0.3, 0.4) is 0 Å². The van der Waals surface area contributed by atoms with Gasteiger partial charge in [0.2, 0.25) is 5.28 Å². The summed E-state index contributed by atoms with van der Waals surface area (Å²) in [6, 6.07) is 3.52. The van der Waals surface area contributed by atoms with Crippen LogP contribution in [-0.2, 0) is 0 Å². The first-order valence-corrected chi connectivity index (χ1v) is 6.99. The number of hydrogen-bond donors (Lipinski definition) is 1. The molecule has 0 aliphatic rings. The van der Waals surface area contributed by atoms with Crippen LogP contribution in [0.2, 0.25) is 5.28 Å². The van der Waals surface area contributed by atoms with Crippen LogP contribution in [0.4, 0.5) is 24.7 Å². The van der Waals surface area contributed by atoms with Crippen molar-refractivity contribution in [1.29, 1.82) is 0 Å². The smallest absolute Gasteiger partial charge is 0.225 e. The van der Waals surface area contributed by atoms with Crippen molar-refractivity contribution < 1.29 is 13.2 Å². The van der Waals surface area contributed by atoms with E-state index in [0.717, 1.165) is 17.0 Å². The van der Waals surface area contributed by atoms with Crippen LogP contribution < -0.4 is 5.32 Å². The van der Waals surface area contributed by atoms with Gasteiger partial charge in [0.15, 0.2) is 17.5 Å². The van der Waals surface area contributed by atoms with E-state index < -0.39 is 17.5 Å². The maximum Gasteiger partial charge on any atom is 0.225 e. The van der Waals surface area contributed by atoms with E-state index in [0.29, 0.717) is 16.0 Å². The number of nitrogens with one attached hydrogen (secondary N) is 1. The van der Waals surface area contributed by atoms with Gasteiger partial charge in [-0.3, -0.25) is 0 Å². The Morgan fingerprint density at radius 2 is 1.76 bits per heavy atom. The Hall–Kier alpha value is -1.86. The van der Waals surface area contributed by atoms with Crippen molar-refractivity contribution in [2.75, 3.05) is 5.32 Å². The minimum atomic E-state index is -1.52. The molecule has 0 spiro atoms. The minimum absolute atomic E-state index is 0.00917. The van der Waals surface area contributed by atoms with Crippen molar-refractivity contribution in [2.24, 2.45) is 0 Å². The van der Waals surface area contributed by atoms with E-state index in [2.05, 4.69) is 15.3 Å². The minimum Gasteiger partial charge on any atom is -0.339 e. The SMILES string of the molecule is Cc1cc2c(Nc3cc(F)c(F)c(F)c3)nc(Cl)nc2s1. The monoisotopic (exact) mass is 329 g/mol. The van der Waals surface area contributed by atoms with Crippen molar-refractivity contribution in [3.8, 4) is 0 Å². The number of anilines is 2. The molecule has 0 fully saturated rings. The number of nitrogens with zero attached hydrogens (tertiary/aromatic N) is 2. The quantitative estimate of drug-likeness (QED) is 0.541. The van der Waals surface area contributed by atoms with E-state index >= 15 is 0 Å². The second-order valence-electron chi connectivity index (χ2n) is 4.30. The van der Waals surface area contributed by atoms with Gasteiger partial charge >= 0.3 is 0 Å². The van der Waals surface area contributed by atoms with Gasteiger partial charge < -0.3 is 5.32 Å². The Balaban J connectivity index is 2.09. The number of benzene rings is 1. The topological polar surface area (TPSA) is 37.8 Å². The second kappa shape index (κ2) is 5.16. The van der Waals surface area contributed by atoms with Gasteiger partial charge in [0.25, 0.3) is 0 Å². The molecule has 0 aliphatic carbocycles. The molecule has 21 heavy (non-hydrogen) atoms. The van der Waals surface area contributed by atoms with E-state index in [1.165, 1.54) is 11.3 Å². The summed E-state index contributed by atoms with van der Waals surface area (Å²) in [5.41, 5.74) is 0.0336. The van der Waals surface area contributed by atoms with Crippen molar-refractivity contribution in [2.45, 2.75) is 6.92 Å². The fourth-order valence-electron chi connectivity index (χ4n) is 1.88. The lowest BCUT2D eigenvalue weighted by Crippen LogP contribution is -1.99. The molecule has 0 saturated heterocycles. The van der Waals surface area contributed by atoms with Crippen molar-refractivity contribution in [3.63, 3.8) is 0 Å². The number of hydrogen-bond acceptors (Lipinski definition) is 4. The largest absolute Gasteiger partial charge is 0.339 e. The van der Waals surface area contributed by atoms with E-state index in [9.17, 15) is 13.2 Å². The van der Waals surface area contributed by atoms with Crippen LogP contribution in [-0.4, -0.2) is 9.97 Å². The highest BCUT2D eigenvalue weighted by atomic mass is 35.5. The molecule has 0 unspecified atom stereocenters. The van der Waals surface area contributed by atoms with Gasteiger partial charge in [0, 0.05) is 22.7 Å². The average Bonchev–Trinajstić information content (AvgIpc) is 2.76. The first-order valence-electron chi connectivity index (χ1n) is 5.79. The molecular formula is C13H7ClF3N3S. The number of halogens is 4. The molecule has 0 amide bonds. The van der Waals surface area contributed by atoms with Crippen LogP contribution in [0.25, 0.3) is 10.2 Å². The molecule has 2 aromatic heterocycles. The Morgan fingerprint density at radius 3 is 2.43 bits per heavy atom. The summed E-state index contributed by atoms with van der Waals surface area (Å²) in [6.07, 6.45) is 0. The summed E-state index contributed by atoms with van der Waals surface area (Å²) < 4.78 is 39.4. The summed E-state index contributed by atoms with van der Waals surface area (Å²) in [5, 5.41) is 3.42. The van der Waals surface area contributed by atoms with Gasteiger partial charge in [-0.1, -0.05) is 0 Å². The van der Waals surface area contributed by atoms with Crippen molar-refractivity contribution in [1.82, 2.24) is 9.97 Å². The first kappa shape index (κ1) is 14.1. The highest BCUT2D eigenvalue weighted by molar-refractivity contribution is 7.18. The predicted molar refractivity (Wildman–Crippen MR) is 76.8 cm³/mol. The summed E-state index contributed by atoms with van der Waals surface area (Å²) in [5.74, 6) is -3.77. The lowest BCUT2D eigenvalue weighted by atomic mass is 10.2. The highest BCUT2D eigenvalue weighted by Gasteiger charge is 2.14. The molecule has 0 aliphatic heterocycles. The fourth-order valence-corrected chi connectivity index (χ4v) is 2.97. The zero-order valence-electron chi connectivity index (χ0n) is 10.5. The third-order valence-corrected chi connectivity index (χ3v) is 3.85. The van der Waals surface area contributed by atoms with Crippen molar-refractivity contribution >= 4 is 44.7 Å². The van der Waals surface area contributed by atoms with Crippen LogP contribution in [0.15, 0.2) is 18.2 Å². The molecule has 3 nitrogen and oxygen atoms in total. The van der Waals surface area contributed by atoms with Gasteiger partial charge in [-0.05, 0) is 24.6 Å². The second-order valence-corrected chi connectivity index (χ2v) is 5.87. The highest BCUT2D eigenvalue weighted by Crippen LogP contribution is 2.31. The molecule has 1 N–H and O–H groups in total. The maximum atomic E-state index is 13.2. The van der Waals surface area contributed by atoms with Gasteiger partial charge in [0.05, 0.1) is 5.39 Å². The zero-order chi connectivity index (χ0) is 15.1. The van der Waals surface area contributed by atoms with Crippen LogP contribution in [0.1, 0.15) is 4.88 Å². The molecule has 0 bridgehead atoms. The fraction of sp³-hybridized carbons (Fsp3) is 0.0769. The lowest BCUT2D eigenvalue weighted by Gasteiger charge is -2.08. The lowest BCUT2D eigenvalue weighted by molar-refractivity contribution is 0.448. The molecule has 0 radical (unpaired) electrons. The average molecular weight is 330 g/mol. The Kier molecular flexibility index (Phi) is 3.46. The summed E-state index contributed by atoms with van der Waals surface area (Å²) in [6.45, 7) is 1.89. The standard InChI is InChI=1S/C13H7ClF3N3S/c1-5-2-7-11(19-13(14)20-12(7)21-5)18-6-3-8(15)10(17)9(16)4-6/h2-4H,1H3,(H,18,19,20). The van der Waals surface area contributed by atoms with Crippen LogP contribution in [0.5, 0.6) is 0 Å². The normalized spacial score (nSPS) is 11.1. The number of aromatic nitrogens is 2. The van der Waals surface area contributed by atoms with Gasteiger partial charge in [-0.2, -0.15) is 4.98 Å². The maximum absolute atomic E-state index is 13.2. The van der Waals surface area contributed by atoms with Gasteiger partial charge in [-0.25, -0.2) is 18.2 Å². The zero-order valence-corrected chi connectivity index (χ0v) is 12.1. The Bertz CT molecular complexity index is 827. The summed E-state index contributed by atoms with van der Waals surface area (Å²) in [4.78, 5) is 9.71. The van der Waals surface area contributed by atoms with E-state index in [4.69, 9.17) is 11.6 Å². The Morgan fingerprint density at radius 1 is 1.10 bits per heavy atom. The number of fused-ring (bicyclic) bond motifs is 1. The summed E-state index contributed by atoms with van der Waals surface area (Å²) in [7, 11) is 0.